The highest BCUT2D eigenvalue weighted by Crippen LogP contribution is 2.08. The van der Waals surface area contributed by atoms with Gasteiger partial charge in [-0.1, -0.05) is 30.3 Å². The van der Waals surface area contributed by atoms with Crippen molar-refractivity contribution in [2.45, 2.75) is 12.6 Å². The number of carbonyl (C=O) groups is 2. The van der Waals surface area contributed by atoms with Gasteiger partial charge in [-0.2, -0.15) is 0 Å². The van der Waals surface area contributed by atoms with Crippen molar-refractivity contribution in [3.05, 3.63) is 88.4 Å². The van der Waals surface area contributed by atoms with Crippen molar-refractivity contribution < 1.29 is 19.1 Å². The summed E-state index contributed by atoms with van der Waals surface area (Å²) in [6.07, 6.45) is 0.0130. The summed E-state index contributed by atoms with van der Waals surface area (Å²) in [5, 5.41) is 16.4. The molecule has 3 rings (SSSR count). The molecule has 10 heteroatoms. The van der Waals surface area contributed by atoms with Crippen LogP contribution in [0.3, 0.4) is 0 Å². The van der Waals surface area contributed by atoms with E-state index in [0.717, 1.165) is 11.8 Å². The summed E-state index contributed by atoms with van der Waals surface area (Å²) in [6.45, 7) is 0. The number of para-hydroxylation sites is 1. The molecule has 2 aromatic carbocycles. The van der Waals surface area contributed by atoms with Gasteiger partial charge in [-0.3, -0.25) is 4.79 Å². The zero-order valence-corrected chi connectivity index (χ0v) is 15.6. The molecule has 3 aromatic rings. The largest absolute Gasteiger partial charge is 0.478 e. The molecule has 1 aromatic heterocycles. The van der Waals surface area contributed by atoms with E-state index >= 15 is 0 Å². The first-order valence-electron chi connectivity index (χ1n) is 8.85. The normalized spacial score (nSPS) is 11.4. The molecule has 0 bridgehead atoms. The molecule has 0 aliphatic heterocycles. The van der Waals surface area contributed by atoms with Crippen molar-refractivity contribution in [1.29, 1.82) is 0 Å². The first-order chi connectivity index (χ1) is 14.4. The second-order valence-electron chi connectivity index (χ2n) is 6.26. The molecule has 0 radical (unpaired) electrons. The summed E-state index contributed by atoms with van der Waals surface area (Å²) < 4.78 is 13.0. The third kappa shape index (κ3) is 5.64. The fourth-order valence-corrected chi connectivity index (χ4v) is 2.56. The average Bonchev–Trinajstić information content (AvgIpc) is 2.72. The quantitative estimate of drug-likeness (QED) is 0.378. The number of nitrogens with one attached hydrogen (secondary N) is 4. The van der Waals surface area contributed by atoms with E-state index in [1.807, 2.05) is 0 Å². The molecule has 0 saturated carbocycles. The Labute approximate surface area is 170 Å². The summed E-state index contributed by atoms with van der Waals surface area (Å²) in [5.41, 5.74) is 0.475. The molecule has 1 heterocycles. The van der Waals surface area contributed by atoms with Gasteiger partial charge < -0.3 is 26.0 Å². The van der Waals surface area contributed by atoms with Crippen LogP contribution in [0, 0.1) is 5.82 Å². The van der Waals surface area contributed by atoms with E-state index < -0.39 is 23.7 Å². The van der Waals surface area contributed by atoms with Gasteiger partial charge >= 0.3 is 12.0 Å². The third-order valence-corrected chi connectivity index (χ3v) is 3.99. The van der Waals surface area contributed by atoms with Crippen LogP contribution < -0.4 is 21.5 Å². The number of anilines is 2. The van der Waals surface area contributed by atoms with Crippen LogP contribution in [0.25, 0.3) is 0 Å². The van der Waals surface area contributed by atoms with Crippen molar-refractivity contribution in [2.24, 2.45) is 0 Å². The minimum absolute atomic E-state index is 0.154. The van der Waals surface area contributed by atoms with Crippen molar-refractivity contribution in [3.63, 3.8) is 0 Å². The summed E-state index contributed by atoms with van der Waals surface area (Å²) in [7, 11) is 0. The summed E-state index contributed by atoms with van der Waals surface area (Å²) in [4.78, 5) is 42.3. The molecule has 30 heavy (non-hydrogen) atoms. The molecule has 0 fully saturated rings. The van der Waals surface area contributed by atoms with Gasteiger partial charge in [0.05, 0.1) is 6.20 Å². The van der Waals surface area contributed by atoms with Crippen molar-refractivity contribution in [2.75, 3.05) is 10.6 Å². The predicted molar refractivity (Wildman–Crippen MR) is 108 cm³/mol. The SMILES string of the molecule is O=C(Nc1cnc(Cc2ccc(F)cc2)[nH]c1=O)N[C@H](Nc1ccccc1)C(=O)O. The van der Waals surface area contributed by atoms with Gasteiger partial charge in [0.2, 0.25) is 6.17 Å². The van der Waals surface area contributed by atoms with Gasteiger partial charge in [-0.25, -0.2) is 19.0 Å². The number of carboxylic acids is 1. The molecule has 1 atom stereocenters. The van der Waals surface area contributed by atoms with Gasteiger partial charge in [-0.15, -0.1) is 0 Å². The number of aromatic amines is 1. The lowest BCUT2D eigenvalue weighted by Crippen LogP contribution is -2.48. The Morgan fingerprint density at radius 2 is 1.80 bits per heavy atom. The zero-order chi connectivity index (χ0) is 21.5. The summed E-state index contributed by atoms with van der Waals surface area (Å²) >= 11 is 0. The van der Waals surface area contributed by atoms with Gasteiger partial charge in [0.15, 0.2) is 0 Å². The van der Waals surface area contributed by atoms with E-state index in [-0.39, 0.29) is 17.9 Å². The number of rotatable bonds is 7. The Morgan fingerprint density at radius 1 is 1.10 bits per heavy atom. The fraction of sp³-hybridized carbons (Fsp3) is 0.100. The molecule has 0 unspecified atom stereocenters. The fourth-order valence-electron chi connectivity index (χ4n) is 2.56. The summed E-state index contributed by atoms with van der Waals surface area (Å²) in [6, 6.07) is 13.3. The van der Waals surface area contributed by atoms with E-state index in [9.17, 15) is 23.9 Å². The Bertz CT molecular complexity index is 1090. The number of carbonyl (C=O) groups excluding carboxylic acids is 1. The van der Waals surface area contributed by atoms with Gasteiger partial charge in [0.25, 0.3) is 5.56 Å². The number of aliphatic carboxylic acids is 1. The van der Waals surface area contributed by atoms with Crippen LogP contribution >= 0.6 is 0 Å². The second-order valence-corrected chi connectivity index (χ2v) is 6.26. The highest BCUT2D eigenvalue weighted by molar-refractivity contribution is 5.92. The minimum atomic E-state index is -1.42. The van der Waals surface area contributed by atoms with Crippen LogP contribution in [-0.2, 0) is 11.2 Å². The highest BCUT2D eigenvalue weighted by Gasteiger charge is 2.20. The lowest BCUT2D eigenvalue weighted by atomic mass is 10.1. The number of hydrogen-bond acceptors (Lipinski definition) is 5. The maximum atomic E-state index is 13.0. The number of amides is 2. The average molecular weight is 411 g/mol. The molecule has 0 aliphatic carbocycles. The molecule has 0 saturated heterocycles. The molecular formula is C20H18FN5O4. The number of hydrogen-bond donors (Lipinski definition) is 5. The number of halogens is 1. The van der Waals surface area contributed by atoms with Crippen LogP contribution in [0.15, 0.2) is 65.6 Å². The van der Waals surface area contributed by atoms with Crippen molar-refractivity contribution in [1.82, 2.24) is 15.3 Å². The van der Waals surface area contributed by atoms with E-state index in [1.165, 1.54) is 12.1 Å². The van der Waals surface area contributed by atoms with Crippen LogP contribution in [0.2, 0.25) is 0 Å². The topological polar surface area (TPSA) is 136 Å². The molecule has 154 valence electrons. The Hall–Kier alpha value is -4.21. The Kier molecular flexibility index (Phi) is 6.38. The number of nitrogens with zero attached hydrogens (tertiary/aromatic N) is 1. The molecule has 0 aliphatic rings. The number of carboxylic acid groups (broad SMARTS) is 1. The minimum Gasteiger partial charge on any atom is -0.478 e. The lowest BCUT2D eigenvalue weighted by Gasteiger charge is -2.17. The van der Waals surface area contributed by atoms with E-state index in [2.05, 4.69) is 25.9 Å². The zero-order valence-electron chi connectivity index (χ0n) is 15.6. The summed E-state index contributed by atoms with van der Waals surface area (Å²) in [5.74, 6) is -1.35. The highest BCUT2D eigenvalue weighted by atomic mass is 19.1. The van der Waals surface area contributed by atoms with Gasteiger partial charge in [0.1, 0.15) is 17.3 Å². The van der Waals surface area contributed by atoms with Gasteiger partial charge in [-0.05, 0) is 29.8 Å². The Balaban J connectivity index is 1.63. The molecular weight excluding hydrogens is 393 g/mol. The van der Waals surface area contributed by atoms with E-state index in [4.69, 9.17) is 0 Å². The first-order valence-corrected chi connectivity index (χ1v) is 8.85. The van der Waals surface area contributed by atoms with Crippen LogP contribution in [0.5, 0.6) is 0 Å². The first kappa shape index (κ1) is 20.5. The molecule has 5 N–H and O–H groups in total. The monoisotopic (exact) mass is 411 g/mol. The number of aromatic nitrogens is 2. The van der Waals surface area contributed by atoms with Gasteiger partial charge in [0, 0.05) is 12.1 Å². The predicted octanol–water partition coefficient (Wildman–Crippen LogP) is 2.14. The molecule has 0 spiro atoms. The Morgan fingerprint density at radius 3 is 2.43 bits per heavy atom. The number of benzene rings is 2. The van der Waals surface area contributed by atoms with Crippen LogP contribution in [-0.4, -0.2) is 33.2 Å². The maximum absolute atomic E-state index is 13.0. The van der Waals surface area contributed by atoms with E-state index in [0.29, 0.717) is 11.5 Å². The number of H-pyrrole nitrogens is 1. The smallest absolute Gasteiger partial charge is 0.347 e. The molecule has 2 amide bonds. The second kappa shape index (κ2) is 9.32. The third-order valence-electron chi connectivity index (χ3n) is 3.99. The van der Waals surface area contributed by atoms with Crippen LogP contribution in [0.1, 0.15) is 11.4 Å². The standard InChI is InChI=1S/C20H18FN5O4/c21-13-8-6-12(7-9-13)10-16-22-11-15(18(27)25-16)24-20(30)26-17(19(28)29)23-14-4-2-1-3-5-14/h1-9,11,17,23H,10H2,(H,28,29)(H,22,25,27)(H2,24,26,30)/t17-/m0/s1. The molecule has 9 nitrogen and oxygen atoms in total. The van der Waals surface area contributed by atoms with Crippen molar-refractivity contribution >= 4 is 23.4 Å². The van der Waals surface area contributed by atoms with Crippen molar-refractivity contribution in [3.8, 4) is 0 Å². The maximum Gasteiger partial charge on any atom is 0.347 e. The van der Waals surface area contributed by atoms with E-state index in [1.54, 1.807) is 42.5 Å². The lowest BCUT2D eigenvalue weighted by molar-refractivity contribution is -0.138. The number of urea groups is 1. The van der Waals surface area contributed by atoms with Crippen LogP contribution in [0.4, 0.5) is 20.6 Å².